The number of amides is 1. The smallest absolute Gasteiger partial charge is 0.326 e. The maximum Gasteiger partial charge on any atom is 0.326 e. The highest BCUT2D eigenvalue weighted by molar-refractivity contribution is 5.84. The van der Waals surface area contributed by atoms with Gasteiger partial charge < -0.3 is 15.2 Å². The molecule has 0 rings (SSSR count). The molecule has 0 aliphatic heterocycles. The van der Waals surface area contributed by atoms with Crippen LogP contribution in [0.5, 0.6) is 0 Å². The molecule has 0 spiro atoms. The molecule has 0 aliphatic rings. The number of hydrogen-bond acceptors (Lipinski definition) is 4. The fraction of sp³-hybridized carbons (Fsp3) is 0.927. The van der Waals surface area contributed by atoms with E-state index >= 15 is 0 Å². The molecule has 0 unspecified atom stereocenters. The largest absolute Gasteiger partial charge is 0.480 e. The Morgan fingerprint density at radius 1 is 0.511 bits per heavy atom. The zero-order chi connectivity index (χ0) is 34.6. The van der Waals surface area contributed by atoms with Gasteiger partial charge in [-0.05, 0) is 25.2 Å². The van der Waals surface area contributed by atoms with Crippen molar-refractivity contribution in [3.05, 3.63) is 0 Å². The highest BCUT2D eigenvalue weighted by Crippen LogP contribution is 2.16. The number of nitrogens with one attached hydrogen (secondary N) is 1. The Morgan fingerprint density at radius 3 is 1.30 bits per heavy atom. The number of unbranched alkanes of at least 4 members (excludes halogenated alkanes) is 26. The molecule has 0 saturated carbocycles. The van der Waals surface area contributed by atoms with Crippen LogP contribution in [0.3, 0.4) is 0 Å². The van der Waals surface area contributed by atoms with E-state index in [0.717, 1.165) is 38.0 Å². The summed E-state index contributed by atoms with van der Waals surface area (Å²) in [6.07, 6.45) is 37.4. The summed E-state index contributed by atoms with van der Waals surface area (Å²) < 4.78 is 5.31. The van der Waals surface area contributed by atoms with E-state index in [0.29, 0.717) is 13.0 Å². The van der Waals surface area contributed by atoms with Crippen LogP contribution in [0.25, 0.3) is 0 Å². The van der Waals surface area contributed by atoms with E-state index in [-0.39, 0.29) is 24.7 Å². The average molecular weight is 666 g/mol. The average Bonchev–Trinajstić information content (AvgIpc) is 3.04. The highest BCUT2D eigenvalue weighted by atomic mass is 16.5. The Balaban J connectivity index is 3.60. The molecule has 0 aromatic rings. The van der Waals surface area contributed by atoms with Crippen LogP contribution in [0.2, 0.25) is 0 Å². The molecule has 0 aliphatic carbocycles. The van der Waals surface area contributed by atoms with Crippen LogP contribution in [0.15, 0.2) is 0 Å². The van der Waals surface area contributed by atoms with Gasteiger partial charge in [0.25, 0.3) is 0 Å². The van der Waals surface area contributed by atoms with Gasteiger partial charge in [-0.3, -0.25) is 9.59 Å². The van der Waals surface area contributed by atoms with E-state index in [4.69, 9.17) is 4.74 Å². The molecule has 1 amide bonds. The van der Waals surface area contributed by atoms with E-state index < -0.39 is 12.0 Å². The zero-order valence-electron chi connectivity index (χ0n) is 31.6. The van der Waals surface area contributed by atoms with Gasteiger partial charge in [-0.1, -0.05) is 194 Å². The lowest BCUT2D eigenvalue weighted by Crippen LogP contribution is -2.41. The summed E-state index contributed by atoms with van der Waals surface area (Å²) in [6.45, 7) is 7.27. The number of aliphatic carboxylic acids is 1. The first-order valence-corrected chi connectivity index (χ1v) is 20.5. The van der Waals surface area contributed by atoms with E-state index in [1.54, 1.807) is 0 Å². The van der Waals surface area contributed by atoms with Gasteiger partial charge in [0, 0.05) is 12.8 Å². The maximum atomic E-state index is 12.3. The Morgan fingerprint density at radius 2 is 0.894 bits per heavy atom. The van der Waals surface area contributed by atoms with E-state index in [9.17, 15) is 19.5 Å². The van der Waals surface area contributed by atoms with Crippen molar-refractivity contribution in [3.63, 3.8) is 0 Å². The molecule has 47 heavy (non-hydrogen) atoms. The summed E-state index contributed by atoms with van der Waals surface area (Å²) >= 11 is 0. The van der Waals surface area contributed by atoms with Gasteiger partial charge in [-0.2, -0.15) is 0 Å². The number of esters is 1. The molecule has 0 saturated heterocycles. The Hall–Kier alpha value is -1.59. The van der Waals surface area contributed by atoms with E-state index in [2.05, 4.69) is 26.1 Å². The van der Waals surface area contributed by atoms with E-state index in [1.165, 1.54) is 154 Å². The first kappa shape index (κ1) is 45.4. The lowest BCUT2D eigenvalue weighted by molar-refractivity contribution is -0.145. The van der Waals surface area contributed by atoms with Crippen molar-refractivity contribution >= 4 is 17.8 Å². The van der Waals surface area contributed by atoms with Crippen molar-refractivity contribution in [2.45, 2.75) is 232 Å². The lowest BCUT2D eigenvalue weighted by atomic mass is 10.0. The summed E-state index contributed by atoms with van der Waals surface area (Å²) in [6, 6.07) is -1.04. The van der Waals surface area contributed by atoms with Crippen LogP contribution >= 0.6 is 0 Å². The number of carbonyl (C=O) groups excluding carboxylic acids is 2. The third kappa shape index (κ3) is 35.5. The number of carbonyl (C=O) groups is 3. The second-order valence-corrected chi connectivity index (χ2v) is 14.7. The summed E-state index contributed by atoms with van der Waals surface area (Å²) in [5.74, 6) is -0.881. The second-order valence-electron chi connectivity index (χ2n) is 14.7. The minimum Gasteiger partial charge on any atom is -0.480 e. The van der Waals surface area contributed by atoms with Crippen LogP contribution in [0.1, 0.15) is 226 Å². The topological polar surface area (TPSA) is 92.7 Å². The van der Waals surface area contributed by atoms with Gasteiger partial charge in [0.05, 0.1) is 6.61 Å². The Labute approximate surface area is 291 Å². The molecular formula is C41H79NO5. The molecule has 0 radical (unpaired) electrons. The molecule has 2 N–H and O–H groups in total. The Kier molecular flexibility index (Phi) is 34.5. The molecular weight excluding hydrogens is 586 g/mol. The molecule has 0 heterocycles. The molecule has 0 aromatic heterocycles. The summed E-state index contributed by atoms with van der Waals surface area (Å²) in [4.78, 5) is 36.0. The Bertz CT molecular complexity index is 710. The summed E-state index contributed by atoms with van der Waals surface area (Å²) in [5, 5.41) is 12.1. The minimum atomic E-state index is -1.10. The normalized spacial score (nSPS) is 12.0. The second kappa shape index (κ2) is 35.7. The van der Waals surface area contributed by atoms with Gasteiger partial charge >= 0.3 is 11.9 Å². The van der Waals surface area contributed by atoms with Crippen molar-refractivity contribution in [1.82, 2.24) is 5.32 Å². The minimum absolute atomic E-state index is 0.00809. The number of ether oxygens (including phenoxy) is 1. The quantitative estimate of drug-likeness (QED) is 0.0509. The summed E-state index contributed by atoms with van der Waals surface area (Å²) in [5.41, 5.74) is 0. The number of carboxylic acids is 1. The SMILES string of the molecule is CCCCCCCCCCCCCCCCCC(=O)N[C@@H](CCC(=O)OCCCCCCCCCCCCCCCC(C)C)C(=O)O. The molecule has 0 bridgehead atoms. The lowest BCUT2D eigenvalue weighted by Gasteiger charge is -2.14. The van der Waals surface area contributed by atoms with Crippen molar-refractivity contribution in [2.24, 2.45) is 5.92 Å². The third-order valence-electron chi connectivity index (χ3n) is 9.47. The molecule has 6 nitrogen and oxygen atoms in total. The van der Waals surface area contributed by atoms with Gasteiger partial charge in [0.1, 0.15) is 6.04 Å². The molecule has 0 fully saturated rings. The highest BCUT2D eigenvalue weighted by Gasteiger charge is 2.21. The van der Waals surface area contributed by atoms with Crippen molar-refractivity contribution < 1.29 is 24.2 Å². The molecule has 6 heteroatoms. The maximum absolute atomic E-state index is 12.3. The fourth-order valence-electron chi connectivity index (χ4n) is 6.30. The fourth-order valence-corrected chi connectivity index (χ4v) is 6.30. The molecule has 0 aromatic carbocycles. The summed E-state index contributed by atoms with van der Waals surface area (Å²) in [7, 11) is 0. The van der Waals surface area contributed by atoms with Crippen LogP contribution in [0, 0.1) is 5.92 Å². The zero-order valence-corrected chi connectivity index (χ0v) is 31.6. The van der Waals surface area contributed by atoms with Gasteiger partial charge in [-0.25, -0.2) is 4.79 Å². The monoisotopic (exact) mass is 666 g/mol. The van der Waals surface area contributed by atoms with Crippen LogP contribution in [-0.2, 0) is 19.1 Å². The van der Waals surface area contributed by atoms with Gasteiger partial charge in [-0.15, -0.1) is 0 Å². The van der Waals surface area contributed by atoms with Gasteiger partial charge in [0.2, 0.25) is 5.91 Å². The predicted molar refractivity (Wildman–Crippen MR) is 199 cm³/mol. The van der Waals surface area contributed by atoms with E-state index in [1.807, 2.05) is 0 Å². The molecule has 1 atom stereocenters. The van der Waals surface area contributed by atoms with Gasteiger partial charge in [0.15, 0.2) is 0 Å². The first-order valence-electron chi connectivity index (χ1n) is 20.5. The number of rotatable bonds is 37. The van der Waals surface area contributed by atoms with Crippen molar-refractivity contribution in [1.29, 1.82) is 0 Å². The number of hydrogen-bond donors (Lipinski definition) is 2. The van der Waals surface area contributed by atoms with Crippen LogP contribution < -0.4 is 5.32 Å². The molecule has 278 valence electrons. The third-order valence-corrected chi connectivity index (χ3v) is 9.47. The number of carboxylic acid groups (broad SMARTS) is 1. The van der Waals surface area contributed by atoms with Crippen molar-refractivity contribution in [2.75, 3.05) is 6.61 Å². The van der Waals surface area contributed by atoms with Crippen LogP contribution in [-0.4, -0.2) is 35.6 Å². The first-order chi connectivity index (χ1) is 22.9. The standard InChI is InChI=1S/C41H79NO5/c1-4-5-6-7-8-9-10-11-12-15-18-21-24-27-30-33-39(43)42-38(41(45)46)34-35-40(44)47-36-31-28-25-22-19-16-13-14-17-20-23-26-29-32-37(2)3/h37-38H,4-36H2,1-3H3,(H,42,43)(H,45,46)/t38-/m0/s1. The predicted octanol–water partition coefficient (Wildman–Crippen LogP) is 12.3. The van der Waals surface area contributed by atoms with Crippen molar-refractivity contribution in [3.8, 4) is 0 Å². The van der Waals surface area contributed by atoms with Crippen LogP contribution in [0.4, 0.5) is 0 Å².